The minimum Gasteiger partial charge on any atom is -0.314 e. The smallest absolute Gasteiger partial charge is 0.162 e. The molecule has 0 aliphatic carbocycles. The summed E-state index contributed by atoms with van der Waals surface area (Å²) in [4.78, 5) is 0. The zero-order valence-corrected chi connectivity index (χ0v) is 11.9. The number of hydrogen-bond donors (Lipinski definition) is 1. The second-order valence-electron chi connectivity index (χ2n) is 5.00. The Balaban J connectivity index is 2.11. The molecule has 0 aliphatic rings. The van der Waals surface area contributed by atoms with Crippen LogP contribution in [0.5, 0.6) is 0 Å². The van der Waals surface area contributed by atoms with Crippen LogP contribution in [0.1, 0.15) is 18.1 Å². The number of rotatable bonds is 6. The van der Waals surface area contributed by atoms with Gasteiger partial charge in [-0.05, 0) is 48.7 Å². The van der Waals surface area contributed by atoms with Crippen molar-refractivity contribution in [3.05, 3.63) is 71.0 Å². The molecule has 1 unspecified atom stereocenters. The Kier molecular flexibility index (Phi) is 5.39. The first-order valence-corrected chi connectivity index (χ1v) is 7.01. The third-order valence-corrected chi connectivity index (χ3v) is 3.39. The van der Waals surface area contributed by atoms with Gasteiger partial charge in [-0.25, -0.2) is 13.2 Å². The molecular formula is C17H18F3N. The first-order chi connectivity index (χ1) is 10.1. The second kappa shape index (κ2) is 7.27. The van der Waals surface area contributed by atoms with Gasteiger partial charge in [-0.1, -0.05) is 31.2 Å². The van der Waals surface area contributed by atoms with Gasteiger partial charge in [0, 0.05) is 6.04 Å². The van der Waals surface area contributed by atoms with Gasteiger partial charge in [0.15, 0.2) is 11.6 Å². The molecule has 0 saturated heterocycles. The molecule has 0 aromatic heterocycles. The summed E-state index contributed by atoms with van der Waals surface area (Å²) < 4.78 is 39.9. The van der Waals surface area contributed by atoms with Crippen molar-refractivity contribution in [2.24, 2.45) is 0 Å². The average molecular weight is 293 g/mol. The minimum atomic E-state index is -0.829. The molecule has 0 spiro atoms. The summed E-state index contributed by atoms with van der Waals surface area (Å²) in [5.41, 5.74) is 1.31. The van der Waals surface area contributed by atoms with Crippen molar-refractivity contribution < 1.29 is 13.2 Å². The molecule has 21 heavy (non-hydrogen) atoms. The van der Waals surface area contributed by atoms with E-state index in [1.165, 1.54) is 18.2 Å². The quantitative estimate of drug-likeness (QED) is 0.852. The predicted molar refractivity (Wildman–Crippen MR) is 77.6 cm³/mol. The molecule has 2 aromatic carbocycles. The second-order valence-corrected chi connectivity index (χ2v) is 5.00. The summed E-state index contributed by atoms with van der Waals surface area (Å²) in [6, 6.07) is 10.4. The van der Waals surface area contributed by atoms with Gasteiger partial charge >= 0.3 is 0 Å². The van der Waals surface area contributed by atoms with Crippen molar-refractivity contribution in [3.8, 4) is 0 Å². The maximum atomic E-state index is 13.7. The van der Waals surface area contributed by atoms with E-state index < -0.39 is 11.6 Å². The highest BCUT2D eigenvalue weighted by Crippen LogP contribution is 2.15. The fraction of sp³-hybridized carbons (Fsp3) is 0.294. The highest BCUT2D eigenvalue weighted by Gasteiger charge is 2.14. The molecule has 0 aliphatic heterocycles. The molecule has 0 amide bonds. The largest absolute Gasteiger partial charge is 0.314 e. The summed E-state index contributed by atoms with van der Waals surface area (Å²) in [5, 5.41) is 3.26. The van der Waals surface area contributed by atoms with Crippen LogP contribution in [0.15, 0.2) is 42.5 Å². The third-order valence-electron chi connectivity index (χ3n) is 3.39. The van der Waals surface area contributed by atoms with Gasteiger partial charge in [-0.15, -0.1) is 0 Å². The monoisotopic (exact) mass is 293 g/mol. The Morgan fingerprint density at radius 3 is 2.33 bits per heavy atom. The van der Waals surface area contributed by atoms with Crippen molar-refractivity contribution >= 4 is 0 Å². The Labute approximate surface area is 122 Å². The van der Waals surface area contributed by atoms with Crippen LogP contribution in [0.25, 0.3) is 0 Å². The molecule has 1 atom stereocenters. The Morgan fingerprint density at radius 1 is 0.952 bits per heavy atom. The SMILES string of the molecule is CCNC(Cc1ccc(F)cc1)Cc1cccc(F)c1F. The first-order valence-electron chi connectivity index (χ1n) is 7.01. The first kappa shape index (κ1) is 15.6. The Bertz CT molecular complexity index is 581. The van der Waals surface area contributed by atoms with E-state index in [-0.39, 0.29) is 11.9 Å². The van der Waals surface area contributed by atoms with Gasteiger partial charge in [0.25, 0.3) is 0 Å². The summed E-state index contributed by atoms with van der Waals surface area (Å²) in [6.07, 6.45) is 1.01. The number of likely N-dealkylation sites (N-methyl/N-ethyl adjacent to an activating group) is 1. The number of nitrogens with one attached hydrogen (secondary N) is 1. The van der Waals surface area contributed by atoms with Crippen LogP contribution in [0, 0.1) is 17.5 Å². The van der Waals surface area contributed by atoms with E-state index in [2.05, 4.69) is 5.32 Å². The highest BCUT2D eigenvalue weighted by molar-refractivity contribution is 5.22. The van der Waals surface area contributed by atoms with Gasteiger partial charge in [-0.2, -0.15) is 0 Å². The summed E-state index contributed by atoms with van der Waals surface area (Å²) in [7, 11) is 0. The van der Waals surface area contributed by atoms with E-state index in [1.54, 1.807) is 18.2 Å². The van der Waals surface area contributed by atoms with Gasteiger partial charge in [0.1, 0.15) is 5.82 Å². The molecule has 0 saturated carbocycles. The van der Waals surface area contributed by atoms with Crippen LogP contribution in [-0.2, 0) is 12.8 Å². The highest BCUT2D eigenvalue weighted by atomic mass is 19.2. The van der Waals surface area contributed by atoms with Gasteiger partial charge < -0.3 is 5.32 Å². The van der Waals surface area contributed by atoms with Crippen LogP contribution in [0.3, 0.4) is 0 Å². The minimum absolute atomic E-state index is 0.0308. The van der Waals surface area contributed by atoms with Crippen molar-refractivity contribution in [1.82, 2.24) is 5.32 Å². The van der Waals surface area contributed by atoms with E-state index in [0.29, 0.717) is 18.4 Å². The predicted octanol–water partition coefficient (Wildman–Crippen LogP) is 3.87. The van der Waals surface area contributed by atoms with E-state index in [4.69, 9.17) is 0 Å². The molecule has 1 nitrogen and oxygen atoms in total. The summed E-state index contributed by atoms with van der Waals surface area (Å²) in [6.45, 7) is 2.68. The molecule has 4 heteroatoms. The lowest BCUT2D eigenvalue weighted by atomic mass is 9.98. The standard InChI is InChI=1S/C17H18F3N/c1-2-21-15(10-12-6-8-14(18)9-7-12)11-13-4-3-5-16(19)17(13)20/h3-9,15,21H,2,10-11H2,1H3. The molecule has 112 valence electrons. The van der Waals surface area contributed by atoms with Crippen molar-refractivity contribution in [2.75, 3.05) is 6.54 Å². The number of halogens is 3. The lowest BCUT2D eigenvalue weighted by Crippen LogP contribution is -2.33. The lowest BCUT2D eigenvalue weighted by Gasteiger charge is -2.18. The molecule has 2 aromatic rings. The van der Waals surface area contributed by atoms with E-state index in [1.807, 2.05) is 6.92 Å². The molecular weight excluding hydrogens is 275 g/mol. The van der Waals surface area contributed by atoms with Crippen LogP contribution >= 0.6 is 0 Å². The fourth-order valence-electron chi connectivity index (χ4n) is 2.38. The van der Waals surface area contributed by atoms with E-state index in [9.17, 15) is 13.2 Å². The molecule has 0 radical (unpaired) electrons. The van der Waals surface area contributed by atoms with Crippen LogP contribution in [-0.4, -0.2) is 12.6 Å². The van der Waals surface area contributed by atoms with Crippen LogP contribution < -0.4 is 5.32 Å². The zero-order chi connectivity index (χ0) is 15.2. The number of benzene rings is 2. The normalized spacial score (nSPS) is 12.4. The topological polar surface area (TPSA) is 12.0 Å². The van der Waals surface area contributed by atoms with Crippen molar-refractivity contribution in [2.45, 2.75) is 25.8 Å². The summed E-state index contributed by atoms with van der Waals surface area (Å²) >= 11 is 0. The molecule has 0 heterocycles. The molecule has 0 fully saturated rings. The van der Waals surface area contributed by atoms with Gasteiger partial charge in [0.2, 0.25) is 0 Å². The van der Waals surface area contributed by atoms with Crippen LogP contribution in [0.2, 0.25) is 0 Å². The number of hydrogen-bond acceptors (Lipinski definition) is 1. The van der Waals surface area contributed by atoms with Gasteiger partial charge in [-0.3, -0.25) is 0 Å². The van der Waals surface area contributed by atoms with Crippen molar-refractivity contribution in [3.63, 3.8) is 0 Å². The maximum absolute atomic E-state index is 13.7. The maximum Gasteiger partial charge on any atom is 0.162 e. The lowest BCUT2D eigenvalue weighted by molar-refractivity contribution is 0.474. The third kappa shape index (κ3) is 4.33. The van der Waals surface area contributed by atoms with Crippen molar-refractivity contribution in [1.29, 1.82) is 0 Å². The molecule has 0 bridgehead atoms. The fourth-order valence-corrected chi connectivity index (χ4v) is 2.38. The van der Waals surface area contributed by atoms with Crippen LogP contribution in [0.4, 0.5) is 13.2 Å². The van der Waals surface area contributed by atoms with E-state index in [0.717, 1.165) is 18.2 Å². The average Bonchev–Trinajstić information content (AvgIpc) is 2.46. The summed E-state index contributed by atoms with van der Waals surface area (Å²) in [5.74, 6) is -1.90. The van der Waals surface area contributed by atoms with Gasteiger partial charge in [0.05, 0.1) is 0 Å². The Hall–Kier alpha value is -1.81. The zero-order valence-electron chi connectivity index (χ0n) is 11.9. The van der Waals surface area contributed by atoms with E-state index >= 15 is 0 Å². The molecule has 2 rings (SSSR count). The molecule has 1 N–H and O–H groups in total. The Morgan fingerprint density at radius 2 is 1.67 bits per heavy atom.